The number of anilines is 1. The van der Waals surface area contributed by atoms with Crippen molar-refractivity contribution in [2.45, 2.75) is 44.2 Å². The number of ether oxygens (including phenoxy) is 1. The lowest BCUT2D eigenvalue weighted by molar-refractivity contribution is -0.123. The highest BCUT2D eigenvalue weighted by Crippen LogP contribution is 2.35. The van der Waals surface area contributed by atoms with Crippen LogP contribution in [0.15, 0.2) is 18.2 Å². The van der Waals surface area contributed by atoms with Crippen molar-refractivity contribution in [1.82, 2.24) is 15.3 Å². The van der Waals surface area contributed by atoms with Crippen LogP contribution in [0.2, 0.25) is 0 Å². The second kappa shape index (κ2) is 5.94. The average molecular weight is 314 g/mol. The molecule has 122 valence electrons. The molecule has 1 amide bonds. The lowest BCUT2D eigenvalue weighted by Gasteiger charge is -2.29. The van der Waals surface area contributed by atoms with E-state index in [1.54, 1.807) is 0 Å². The first-order valence-corrected chi connectivity index (χ1v) is 8.36. The van der Waals surface area contributed by atoms with Crippen molar-refractivity contribution in [3.05, 3.63) is 24.0 Å². The molecule has 2 fully saturated rings. The summed E-state index contributed by atoms with van der Waals surface area (Å²) in [7, 11) is 0. The summed E-state index contributed by atoms with van der Waals surface area (Å²) >= 11 is 0. The molecule has 2 heterocycles. The third-order valence-electron chi connectivity index (χ3n) is 4.86. The molecule has 0 bridgehead atoms. The van der Waals surface area contributed by atoms with Crippen LogP contribution in [-0.4, -0.2) is 41.2 Å². The molecule has 1 saturated carbocycles. The average Bonchev–Trinajstić information content (AvgIpc) is 2.88. The Morgan fingerprint density at radius 2 is 2.26 bits per heavy atom. The molecular weight excluding hydrogens is 292 g/mol. The molecule has 4 rings (SSSR count). The molecule has 1 aromatic heterocycles. The van der Waals surface area contributed by atoms with Crippen LogP contribution in [0, 0.1) is 0 Å². The minimum atomic E-state index is -0.313. The van der Waals surface area contributed by atoms with Gasteiger partial charge in [-0.3, -0.25) is 4.79 Å². The lowest BCUT2D eigenvalue weighted by atomic mass is 9.85. The number of carbonyl (C=O) groups excluding carboxylic acids is 1. The highest BCUT2D eigenvalue weighted by molar-refractivity contribution is 5.96. The molecule has 2 aromatic rings. The van der Waals surface area contributed by atoms with Gasteiger partial charge in [0.25, 0.3) is 0 Å². The van der Waals surface area contributed by atoms with Gasteiger partial charge in [-0.05, 0) is 38.0 Å². The van der Waals surface area contributed by atoms with Crippen molar-refractivity contribution in [3.8, 4) is 0 Å². The van der Waals surface area contributed by atoms with Crippen LogP contribution in [-0.2, 0) is 9.53 Å². The van der Waals surface area contributed by atoms with Gasteiger partial charge in [0.1, 0.15) is 11.9 Å². The van der Waals surface area contributed by atoms with Crippen LogP contribution in [0.4, 0.5) is 5.69 Å². The molecule has 2 atom stereocenters. The van der Waals surface area contributed by atoms with E-state index in [4.69, 9.17) is 4.74 Å². The highest BCUT2D eigenvalue weighted by Gasteiger charge is 2.28. The Bertz CT molecular complexity index is 722. The fourth-order valence-corrected chi connectivity index (χ4v) is 3.23. The third kappa shape index (κ3) is 2.84. The van der Waals surface area contributed by atoms with Gasteiger partial charge in [0, 0.05) is 18.2 Å². The van der Waals surface area contributed by atoms with E-state index in [0.29, 0.717) is 19.1 Å². The molecular formula is C17H22N4O2. The van der Waals surface area contributed by atoms with Gasteiger partial charge in [-0.25, -0.2) is 4.98 Å². The number of aromatic amines is 1. The molecule has 1 aromatic carbocycles. The molecule has 1 aliphatic carbocycles. The first-order valence-electron chi connectivity index (χ1n) is 8.36. The molecule has 0 radical (unpaired) electrons. The van der Waals surface area contributed by atoms with Gasteiger partial charge >= 0.3 is 0 Å². The van der Waals surface area contributed by atoms with Gasteiger partial charge < -0.3 is 20.4 Å². The summed E-state index contributed by atoms with van der Waals surface area (Å²) in [6.45, 7) is 3.27. The Balaban J connectivity index is 1.50. The van der Waals surface area contributed by atoms with E-state index in [-0.39, 0.29) is 18.1 Å². The number of morpholine rings is 1. The van der Waals surface area contributed by atoms with Crippen LogP contribution < -0.4 is 10.6 Å². The smallest absolute Gasteiger partial charge is 0.244 e. The summed E-state index contributed by atoms with van der Waals surface area (Å²) in [6.07, 6.45) is 3.60. The Morgan fingerprint density at radius 1 is 1.39 bits per heavy atom. The van der Waals surface area contributed by atoms with E-state index >= 15 is 0 Å². The van der Waals surface area contributed by atoms with Gasteiger partial charge in [0.2, 0.25) is 5.91 Å². The van der Waals surface area contributed by atoms with Crippen molar-refractivity contribution < 1.29 is 9.53 Å². The number of amides is 1. The van der Waals surface area contributed by atoms with Crippen LogP contribution in [0.3, 0.4) is 0 Å². The van der Waals surface area contributed by atoms with Crippen molar-refractivity contribution in [1.29, 1.82) is 0 Å². The second-order valence-electron chi connectivity index (χ2n) is 6.48. The number of rotatable bonds is 3. The number of fused-ring (bicyclic) bond motifs is 1. The molecule has 1 aliphatic heterocycles. The van der Waals surface area contributed by atoms with Crippen molar-refractivity contribution in [3.63, 3.8) is 0 Å². The first kappa shape index (κ1) is 14.7. The number of hydrogen-bond donors (Lipinski definition) is 3. The zero-order valence-corrected chi connectivity index (χ0v) is 13.3. The van der Waals surface area contributed by atoms with Gasteiger partial charge in [-0.15, -0.1) is 0 Å². The van der Waals surface area contributed by atoms with Gasteiger partial charge in [-0.1, -0.05) is 6.42 Å². The number of H-pyrrole nitrogens is 1. The van der Waals surface area contributed by atoms with E-state index in [2.05, 4.69) is 20.6 Å². The molecule has 2 aliphatic rings. The molecule has 0 unspecified atom stereocenters. The number of imidazole rings is 1. The zero-order valence-electron chi connectivity index (χ0n) is 13.3. The maximum atomic E-state index is 12.4. The van der Waals surface area contributed by atoms with Crippen LogP contribution in [0.5, 0.6) is 0 Å². The second-order valence-corrected chi connectivity index (χ2v) is 6.48. The molecule has 3 N–H and O–H groups in total. The summed E-state index contributed by atoms with van der Waals surface area (Å²) in [6, 6.07) is 5.50. The quantitative estimate of drug-likeness (QED) is 0.811. The topological polar surface area (TPSA) is 79.0 Å². The largest absolute Gasteiger partial charge is 0.375 e. The number of benzene rings is 1. The standard InChI is InChI=1S/C17H22N4O2/c1-10-15(18-7-8-23-10)17(22)19-12-5-6-13-14(9-12)21-16(20-13)11-3-2-4-11/h5-6,9-11,15,18H,2-4,7-8H2,1H3,(H,19,22)(H,20,21)/t10-,15+/m1/s1. The Hall–Kier alpha value is -1.92. The van der Waals surface area contributed by atoms with Crippen LogP contribution >= 0.6 is 0 Å². The summed E-state index contributed by atoms with van der Waals surface area (Å²) in [5.41, 5.74) is 2.72. The van der Waals surface area contributed by atoms with Crippen molar-refractivity contribution in [2.24, 2.45) is 0 Å². The van der Waals surface area contributed by atoms with Gasteiger partial charge in [-0.2, -0.15) is 0 Å². The predicted molar refractivity (Wildman–Crippen MR) is 88.5 cm³/mol. The minimum Gasteiger partial charge on any atom is -0.375 e. The zero-order chi connectivity index (χ0) is 15.8. The Morgan fingerprint density at radius 3 is 3.00 bits per heavy atom. The fraction of sp³-hybridized carbons (Fsp3) is 0.529. The van der Waals surface area contributed by atoms with Gasteiger partial charge in [0.15, 0.2) is 0 Å². The lowest BCUT2D eigenvalue weighted by Crippen LogP contribution is -2.53. The SMILES string of the molecule is C[C@H]1OCCN[C@@H]1C(=O)Nc1ccc2nc(C3CCC3)[nH]c2c1. The summed E-state index contributed by atoms with van der Waals surface area (Å²) in [5, 5.41) is 6.17. The highest BCUT2D eigenvalue weighted by atomic mass is 16.5. The van der Waals surface area contributed by atoms with E-state index in [9.17, 15) is 4.79 Å². The maximum Gasteiger partial charge on any atom is 0.244 e. The Kier molecular flexibility index (Phi) is 3.79. The normalized spacial score (nSPS) is 25.3. The van der Waals surface area contributed by atoms with E-state index in [0.717, 1.165) is 22.5 Å². The van der Waals surface area contributed by atoms with E-state index < -0.39 is 0 Å². The summed E-state index contributed by atoms with van der Waals surface area (Å²) in [5.74, 6) is 1.59. The first-order chi connectivity index (χ1) is 11.2. The molecule has 23 heavy (non-hydrogen) atoms. The number of hydrogen-bond acceptors (Lipinski definition) is 4. The number of carbonyl (C=O) groups is 1. The monoisotopic (exact) mass is 314 g/mol. The number of nitrogens with zero attached hydrogens (tertiary/aromatic N) is 1. The molecule has 6 nitrogen and oxygen atoms in total. The fourth-order valence-electron chi connectivity index (χ4n) is 3.23. The van der Waals surface area contributed by atoms with E-state index in [1.807, 2.05) is 25.1 Å². The maximum absolute atomic E-state index is 12.4. The summed E-state index contributed by atoms with van der Waals surface area (Å²) < 4.78 is 5.53. The number of aromatic nitrogens is 2. The Labute approximate surface area is 135 Å². The third-order valence-corrected chi connectivity index (χ3v) is 4.86. The molecule has 1 saturated heterocycles. The summed E-state index contributed by atoms with van der Waals surface area (Å²) in [4.78, 5) is 20.5. The minimum absolute atomic E-state index is 0.0599. The van der Waals surface area contributed by atoms with Crippen LogP contribution in [0.1, 0.15) is 37.9 Å². The van der Waals surface area contributed by atoms with Gasteiger partial charge in [0.05, 0.1) is 23.7 Å². The van der Waals surface area contributed by atoms with Crippen LogP contribution in [0.25, 0.3) is 11.0 Å². The predicted octanol–water partition coefficient (Wildman–Crippen LogP) is 2.15. The van der Waals surface area contributed by atoms with Crippen molar-refractivity contribution in [2.75, 3.05) is 18.5 Å². The van der Waals surface area contributed by atoms with E-state index in [1.165, 1.54) is 19.3 Å². The molecule has 0 spiro atoms. The van der Waals surface area contributed by atoms with Crippen molar-refractivity contribution >= 4 is 22.6 Å². The molecule has 6 heteroatoms. The number of nitrogens with one attached hydrogen (secondary N) is 3.